The van der Waals surface area contributed by atoms with Crippen LogP contribution >= 0.6 is 35.5 Å². The van der Waals surface area contributed by atoms with Gasteiger partial charge in [0.05, 0.1) is 0 Å². The van der Waals surface area contributed by atoms with Gasteiger partial charge in [-0.2, -0.15) is 4.37 Å². The van der Waals surface area contributed by atoms with Crippen molar-refractivity contribution in [3.63, 3.8) is 0 Å². The van der Waals surface area contributed by atoms with E-state index in [2.05, 4.69) is 36.4 Å². The van der Waals surface area contributed by atoms with Gasteiger partial charge in [-0.3, -0.25) is 4.99 Å². The van der Waals surface area contributed by atoms with Crippen molar-refractivity contribution in [1.82, 2.24) is 19.6 Å². The van der Waals surface area contributed by atoms with E-state index in [-0.39, 0.29) is 24.0 Å². The number of hydrogen-bond acceptors (Lipinski definition) is 6. The Morgan fingerprint density at radius 3 is 2.69 bits per heavy atom. The maximum atomic E-state index is 5.68. The number of aliphatic imine (C=N–C) groups is 1. The second-order valence-electron chi connectivity index (χ2n) is 6.67. The molecule has 26 heavy (non-hydrogen) atoms. The molecule has 0 amide bonds. The summed E-state index contributed by atoms with van der Waals surface area (Å²) in [4.78, 5) is 13.7. The monoisotopic (exact) mass is 494 g/mol. The molecule has 7 nitrogen and oxygen atoms in total. The minimum absolute atomic E-state index is 0. The van der Waals surface area contributed by atoms with Gasteiger partial charge in [0.2, 0.25) is 5.13 Å². The van der Waals surface area contributed by atoms with Crippen molar-refractivity contribution in [2.45, 2.75) is 32.6 Å². The van der Waals surface area contributed by atoms with E-state index < -0.39 is 0 Å². The molecule has 0 aromatic carbocycles. The zero-order valence-corrected chi connectivity index (χ0v) is 19.0. The number of ether oxygens (including phenoxy) is 1. The van der Waals surface area contributed by atoms with Crippen molar-refractivity contribution in [3.8, 4) is 0 Å². The molecule has 2 aliphatic rings. The Kier molecular flexibility index (Phi) is 9.34. The first-order valence-corrected chi connectivity index (χ1v) is 10.2. The first-order chi connectivity index (χ1) is 12.3. The molecule has 0 radical (unpaired) electrons. The summed E-state index contributed by atoms with van der Waals surface area (Å²) in [6, 6.07) is 0. The molecule has 1 saturated carbocycles. The second kappa shape index (κ2) is 11.2. The molecule has 2 heterocycles. The van der Waals surface area contributed by atoms with Crippen molar-refractivity contribution >= 4 is 46.6 Å². The van der Waals surface area contributed by atoms with Crippen LogP contribution < -0.4 is 10.2 Å². The van der Waals surface area contributed by atoms with Crippen LogP contribution in [0.4, 0.5) is 5.13 Å². The van der Waals surface area contributed by atoms with Crippen LogP contribution in [0.25, 0.3) is 0 Å². The van der Waals surface area contributed by atoms with E-state index in [1.54, 1.807) is 0 Å². The van der Waals surface area contributed by atoms with E-state index >= 15 is 0 Å². The number of piperazine rings is 1. The van der Waals surface area contributed by atoms with Crippen LogP contribution in [0.1, 0.15) is 32.0 Å². The van der Waals surface area contributed by atoms with Crippen LogP contribution in [0.5, 0.6) is 0 Å². The summed E-state index contributed by atoms with van der Waals surface area (Å²) in [6.45, 7) is 8.63. The third-order valence-corrected chi connectivity index (χ3v) is 5.45. The van der Waals surface area contributed by atoms with Crippen molar-refractivity contribution < 1.29 is 4.74 Å². The lowest BCUT2D eigenvalue weighted by Gasteiger charge is -2.36. The van der Waals surface area contributed by atoms with Gasteiger partial charge in [0.25, 0.3) is 0 Å². The Morgan fingerprint density at radius 2 is 2.08 bits per heavy atom. The minimum atomic E-state index is 0. The van der Waals surface area contributed by atoms with Gasteiger partial charge >= 0.3 is 0 Å². The summed E-state index contributed by atoms with van der Waals surface area (Å²) >= 11 is 1.51. The molecule has 1 aliphatic heterocycles. The Bertz CT molecular complexity index is 557. The van der Waals surface area contributed by atoms with Gasteiger partial charge in [-0.05, 0) is 25.2 Å². The Morgan fingerprint density at radius 1 is 1.31 bits per heavy atom. The van der Waals surface area contributed by atoms with Crippen molar-refractivity contribution in [3.05, 3.63) is 5.82 Å². The average molecular weight is 494 g/mol. The smallest absolute Gasteiger partial charge is 0.205 e. The van der Waals surface area contributed by atoms with Crippen LogP contribution in [-0.2, 0) is 11.2 Å². The predicted octanol–water partition coefficient (Wildman–Crippen LogP) is 2.23. The fraction of sp³-hybridized carbons (Fsp3) is 0.824. The molecule has 0 unspecified atom stereocenters. The number of anilines is 1. The molecule has 0 atom stereocenters. The number of guanidine groups is 1. The summed E-state index contributed by atoms with van der Waals surface area (Å²) in [5.41, 5.74) is 0. The highest BCUT2D eigenvalue weighted by Gasteiger charge is 2.22. The highest BCUT2D eigenvalue weighted by Crippen LogP contribution is 2.28. The Balaban J connectivity index is 0.00000243. The molecule has 1 aromatic heterocycles. The van der Waals surface area contributed by atoms with E-state index in [0.717, 1.165) is 81.6 Å². The van der Waals surface area contributed by atoms with Crippen molar-refractivity contribution in [1.29, 1.82) is 0 Å². The highest BCUT2D eigenvalue weighted by molar-refractivity contribution is 14.0. The molecule has 1 aromatic rings. The molecule has 0 bridgehead atoms. The maximum absolute atomic E-state index is 5.68. The van der Waals surface area contributed by atoms with Gasteiger partial charge < -0.3 is 19.9 Å². The molecular formula is C17H31IN6OS. The van der Waals surface area contributed by atoms with Crippen molar-refractivity contribution in [2.24, 2.45) is 10.9 Å². The zero-order valence-electron chi connectivity index (χ0n) is 15.8. The average Bonchev–Trinajstić information content (AvgIpc) is 3.35. The van der Waals surface area contributed by atoms with Gasteiger partial charge in [-0.25, -0.2) is 4.98 Å². The largest absolute Gasteiger partial charge is 0.381 e. The first kappa shape index (κ1) is 21.6. The fourth-order valence-electron chi connectivity index (χ4n) is 2.87. The number of aromatic nitrogens is 2. The Hall–Kier alpha value is -0.680. The number of halogens is 1. The molecule has 2 fully saturated rings. The van der Waals surface area contributed by atoms with Crippen LogP contribution in [0.2, 0.25) is 0 Å². The van der Waals surface area contributed by atoms with E-state index in [0.29, 0.717) is 0 Å². The third kappa shape index (κ3) is 6.49. The summed E-state index contributed by atoms with van der Waals surface area (Å²) in [5.74, 6) is 2.79. The van der Waals surface area contributed by atoms with Crippen LogP contribution in [0.3, 0.4) is 0 Å². The van der Waals surface area contributed by atoms with E-state index in [4.69, 9.17) is 4.74 Å². The van der Waals surface area contributed by atoms with Crippen LogP contribution in [0, 0.1) is 5.92 Å². The Labute approximate surface area is 177 Å². The standard InChI is InChI=1S/C17H30N6OS.HI/c1-3-15-20-17(25-21-15)23-10-8-22(9-11-23)16(18-2)19-7-4-12-24-13-14-5-6-14;/h14H,3-13H2,1-2H3,(H,18,19);1H. The normalized spacial score (nSPS) is 18.0. The molecule has 0 spiro atoms. The SMILES string of the molecule is CCc1nsc(N2CCN(C(=NC)NCCCOCC3CC3)CC2)n1.I. The van der Waals surface area contributed by atoms with Crippen LogP contribution in [-0.4, -0.2) is 73.2 Å². The van der Waals surface area contributed by atoms with Gasteiger partial charge in [0, 0.05) is 70.9 Å². The van der Waals surface area contributed by atoms with E-state index in [1.165, 1.54) is 24.4 Å². The molecule has 1 saturated heterocycles. The molecule has 1 aliphatic carbocycles. The van der Waals surface area contributed by atoms with E-state index in [1.807, 2.05) is 7.05 Å². The minimum Gasteiger partial charge on any atom is -0.381 e. The first-order valence-electron chi connectivity index (χ1n) is 9.41. The number of hydrogen-bond donors (Lipinski definition) is 1. The molecule has 9 heteroatoms. The molecule has 3 rings (SSSR count). The summed E-state index contributed by atoms with van der Waals surface area (Å²) < 4.78 is 10.1. The third-order valence-electron chi connectivity index (χ3n) is 4.63. The van der Waals surface area contributed by atoms with Crippen molar-refractivity contribution in [2.75, 3.05) is 57.9 Å². The topological polar surface area (TPSA) is 65.9 Å². The quantitative estimate of drug-likeness (QED) is 0.259. The lowest BCUT2D eigenvalue weighted by molar-refractivity contribution is 0.122. The highest BCUT2D eigenvalue weighted by atomic mass is 127. The van der Waals surface area contributed by atoms with Gasteiger partial charge in [0.1, 0.15) is 5.82 Å². The molecular weight excluding hydrogens is 463 g/mol. The zero-order chi connectivity index (χ0) is 17.5. The van der Waals surface area contributed by atoms with Gasteiger partial charge in [-0.15, -0.1) is 24.0 Å². The lowest BCUT2D eigenvalue weighted by Crippen LogP contribution is -2.52. The summed E-state index contributed by atoms with van der Waals surface area (Å²) in [5, 5.41) is 4.51. The fourth-order valence-corrected chi connectivity index (χ4v) is 3.67. The molecule has 1 N–H and O–H groups in total. The van der Waals surface area contributed by atoms with Gasteiger partial charge in [-0.1, -0.05) is 6.92 Å². The predicted molar refractivity (Wildman–Crippen MR) is 118 cm³/mol. The summed E-state index contributed by atoms with van der Waals surface area (Å²) in [6.07, 6.45) is 4.63. The maximum Gasteiger partial charge on any atom is 0.205 e. The van der Waals surface area contributed by atoms with Crippen LogP contribution in [0.15, 0.2) is 4.99 Å². The van der Waals surface area contributed by atoms with Gasteiger partial charge in [0.15, 0.2) is 5.96 Å². The molecule has 148 valence electrons. The number of nitrogens with one attached hydrogen (secondary N) is 1. The number of rotatable bonds is 8. The summed E-state index contributed by atoms with van der Waals surface area (Å²) in [7, 11) is 1.86. The lowest BCUT2D eigenvalue weighted by atomic mass is 10.3. The number of aryl methyl sites for hydroxylation is 1. The second-order valence-corrected chi connectivity index (χ2v) is 7.40. The van der Waals surface area contributed by atoms with E-state index in [9.17, 15) is 0 Å². The number of nitrogens with zero attached hydrogens (tertiary/aromatic N) is 5.